The van der Waals surface area contributed by atoms with Gasteiger partial charge in [-0.2, -0.15) is 0 Å². The Morgan fingerprint density at radius 1 is 1.20 bits per heavy atom. The number of nitrogens with zero attached hydrogens (tertiary/aromatic N) is 1. The molecule has 1 aliphatic heterocycles. The number of rotatable bonds is 1. The van der Waals surface area contributed by atoms with E-state index in [4.69, 9.17) is 0 Å². The van der Waals surface area contributed by atoms with Crippen LogP contribution in [-0.4, -0.2) is 11.6 Å². The highest BCUT2D eigenvalue weighted by Crippen LogP contribution is 2.16. The third-order valence-electron chi connectivity index (χ3n) is 2.12. The van der Waals surface area contributed by atoms with Crippen LogP contribution < -0.4 is 5.32 Å². The van der Waals surface area contributed by atoms with Crippen molar-refractivity contribution in [3.63, 3.8) is 0 Å². The van der Waals surface area contributed by atoms with E-state index in [-0.39, 0.29) is 0 Å². The molecule has 3 heteroatoms. The number of hydrogen-bond donors (Lipinski definition) is 1. The molecule has 1 aromatic carbocycles. The highest BCUT2D eigenvalue weighted by Gasteiger charge is 2.05. The zero-order valence-electron chi connectivity index (χ0n) is 8.95. The summed E-state index contributed by atoms with van der Waals surface area (Å²) in [5.74, 6) is 1.95. The molecule has 1 aliphatic rings. The summed E-state index contributed by atoms with van der Waals surface area (Å²) in [5, 5.41) is 5.39. The normalized spacial score (nSPS) is 18.5. The Bertz CT molecular complexity index is 404. The number of aryl methyl sites for hydroxylation is 1. The van der Waals surface area contributed by atoms with Crippen LogP contribution in [-0.2, 0) is 0 Å². The lowest BCUT2D eigenvalue weighted by molar-refractivity contribution is 1.10. The summed E-state index contributed by atoms with van der Waals surface area (Å²) in [7, 11) is 0. The fourth-order valence-corrected chi connectivity index (χ4v) is 2.06. The molecule has 1 heterocycles. The van der Waals surface area contributed by atoms with Crippen molar-refractivity contribution in [3.05, 3.63) is 40.9 Å². The molecular weight excluding hydrogens is 204 g/mol. The highest BCUT2D eigenvalue weighted by atomic mass is 32.2. The average molecular weight is 218 g/mol. The fraction of sp³-hybridized carbons (Fsp3) is 0.250. The molecule has 1 N–H and O–H groups in total. The third-order valence-corrected chi connectivity index (χ3v) is 3.08. The van der Waals surface area contributed by atoms with E-state index >= 15 is 0 Å². The van der Waals surface area contributed by atoms with Gasteiger partial charge in [0.1, 0.15) is 5.84 Å². The molecule has 0 saturated carbocycles. The van der Waals surface area contributed by atoms with Gasteiger partial charge in [0.2, 0.25) is 0 Å². The molecule has 2 rings (SSSR count). The summed E-state index contributed by atoms with van der Waals surface area (Å²) >= 11 is 1.78. The van der Waals surface area contributed by atoms with Gasteiger partial charge in [-0.15, -0.1) is 11.8 Å². The van der Waals surface area contributed by atoms with E-state index in [1.807, 2.05) is 12.1 Å². The Morgan fingerprint density at radius 2 is 1.93 bits per heavy atom. The van der Waals surface area contributed by atoms with Crippen molar-refractivity contribution in [1.82, 2.24) is 5.32 Å². The van der Waals surface area contributed by atoms with E-state index < -0.39 is 0 Å². The van der Waals surface area contributed by atoms with E-state index in [9.17, 15) is 0 Å². The maximum atomic E-state index is 4.55. The lowest BCUT2D eigenvalue weighted by atomic mass is 10.2. The van der Waals surface area contributed by atoms with Crippen molar-refractivity contribution in [2.75, 3.05) is 5.75 Å². The van der Waals surface area contributed by atoms with Crippen LogP contribution in [0.4, 0.5) is 5.69 Å². The summed E-state index contributed by atoms with van der Waals surface area (Å²) in [5.41, 5.74) is 3.44. The summed E-state index contributed by atoms with van der Waals surface area (Å²) in [6.45, 7) is 4.13. The second kappa shape index (κ2) is 4.53. The van der Waals surface area contributed by atoms with E-state index in [0.29, 0.717) is 0 Å². The second-order valence-corrected chi connectivity index (χ2v) is 4.49. The summed E-state index contributed by atoms with van der Waals surface area (Å²) in [4.78, 5) is 4.55. The predicted octanol–water partition coefficient (Wildman–Crippen LogP) is 3.22. The van der Waals surface area contributed by atoms with Gasteiger partial charge in [-0.3, -0.25) is 0 Å². The molecule has 2 nitrogen and oxygen atoms in total. The number of benzene rings is 1. The molecule has 0 fully saturated rings. The first-order valence-corrected chi connectivity index (χ1v) is 5.98. The number of aliphatic imine (C=N–C) groups is 1. The minimum Gasteiger partial charge on any atom is -0.346 e. The Morgan fingerprint density at radius 3 is 2.60 bits per heavy atom. The lowest BCUT2D eigenvalue weighted by Crippen LogP contribution is -2.25. The molecule has 78 valence electrons. The standard InChI is InChI=1S/C12H14N2S/c1-9-3-5-11(6-4-9)14-12-8-15-7-10(2)13-12/h3-7H,8H2,1-2H3,(H,13,14). The molecule has 0 atom stereocenters. The van der Waals surface area contributed by atoms with E-state index in [1.165, 1.54) is 5.56 Å². The van der Waals surface area contributed by atoms with Crippen LogP contribution in [0.5, 0.6) is 0 Å². The number of allylic oxidation sites excluding steroid dienone is 1. The van der Waals surface area contributed by atoms with E-state index in [2.05, 4.69) is 41.7 Å². The molecular formula is C12H14N2S. The van der Waals surface area contributed by atoms with Crippen LogP contribution in [0.3, 0.4) is 0 Å². The molecule has 1 aromatic rings. The summed E-state index contributed by atoms with van der Waals surface area (Å²) in [6, 6.07) is 8.25. The quantitative estimate of drug-likeness (QED) is 0.782. The van der Waals surface area contributed by atoms with Crippen molar-refractivity contribution in [2.24, 2.45) is 4.99 Å². The first-order valence-electron chi connectivity index (χ1n) is 4.94. The van der Waals surface area contributed by atoms with Crippen LogP contribution in [0.15, 0.2) is 40.4 Å². The molecule has 0 aromatic heterocycles. The SMILES string of the molecule is CC1=CSCC(=Nc2ccc(C)cc2)N1. The van der Waals surface area contributed by atoms with Crippen LogP contribution in [0, 0.1) is 6.92 Å². The van der Waals surface area contributed by atoms with E-state index in [1.54, 1.807) is 11.8 Å². The number of amidine groups is 1. The molecule has 0 amide bonds. The van der Waals surface area contributed by atoms with Crippen LogP contribution >= 0.6 is 11.8 Å². The zero-order valence-corrected chi connectivity index (χ0v) is 9.77. The summed E-state index contributed by atoms with van der Waals surface area (Å²) in [6.07, 6.45) is 0. The predicted molar refractivity (Wildman–Crippen MR) is 67.6 cm³/mol. The van der Waals surface area contributed by atoms with Crippen molar-refractivity contribution < 1.29 is 0 Å². The first kappa shape index (κ1) is 10.3. The van der Waals surface area contributed by atoms with Gasteiger partial charge in [0.15, 0.2) is 0 Å². The first-order chi connectivity index (χ1) is 7.24. The number of hydrogen-bond acceptors (Lipinski definition) is 2. The smallest absolute Gasteiger partial charge is 0.117 e. The Kier molecular flexibility index (Phi) is 3.11. The molecule has 0 radical (unpaired) electrons. The van der Waals surface area contributed by atoms with Gasteiger partial charge < -0.3 is 5.32 Å². The van der Waals surface area contributed by atoms with Gasteiger partial charge in [0.05, 0.1) is 11.4 Å². The van der Waals surface area contributed by atoms with Gasteiger partial charge >= 0.3 is 0 Å². The van der Waals surface area contributed by atoms with Crippen LogP contribution in [0.2, 0.25) is 0 Å². The Balaban J connectivity index is 2.16. The van der Waals surface area contributed by atoms with Crippen molar-refractivity contribution in [2.45, 2.75) is 13.8 Å². The second-order valence-electron chi connectivity index (χ2n) is 3.63. The number of thioether (sulfide) groups is 1. The minimum atomic E-state index is 0.922. The molecule has 0 spiro atoms. The average Bonchev–Trinajstić information content (AvgIpc) is 2.22. The highest BCUT2D eigenvalue weighted by molar-refractivity contribution is 8.02. The monoisotopic (exact) mass is 218 g/mol. The Hall–Kier alpha value is -1.22. The van der Waals surface area contributed by atoms with Crippen molar-refractivity contribution in [1.29, 1.82) is 0 Å². The molecule has 0 aliphatic carbocycles. The summed E-state index contributed by atoms with van der Waals surface area (Å²) < 4.78 is 0. The van der Waals surface area contributed by atoms with Gasteiger partial charge in [0.25, 0.3) is 0 Å². The maximum Gasteiger partial charge on any atom is 0.117 e. The zero-order chi connectivity index (χ0) is 10.7. The third kappa shape index (κ3) is 2.86. The van der Waals surface area contributed by atoms with Crippen molar-refractivity contribution in [3.8, 4) is 0 Å². The van der Waals surface area contributed by atoms with Gasteiger partial charge in [-0.1, -0.05) is 17.7 Å². The maximum absolute atomic E-state index is 4.55. The molecule has 0 bridgehead atoms. The van der Waals surface area contributed by atoms with E-state index in [0.717, 1.165) is 23.0 Å². The Labute approximate surface area is 94.5 Å². The van der Waals surface area contributed by atoms with Crippen molar-refractivity contribution >= 4 is 23.3 Å². The fourth-order valence-electron chi connectivity index (χ4n) is 1.37. The molecule has 0 unspecified atom stereocenters. The van der Waals surface area contributed by atoms with Crippen LogP contribution in [0.1, 0.15) is 12.5 Å². The topological polar surface area (TPSA) is 24.4 Å². The molecule has 0 saturated heterocycles. The molecule has 15 heavy (non-hydrogen) atoms. The number of nitrogens with one attached hydrogen (secondary N) is 1. The van der Waals surface area contributed by atoms with Gasteiger partial charge in [-0.05, 0) is 31.4 Å². The minimum absolute atomic E-state index is 0.922. The van der Waals surface area contributed by atoms with Gasteiger partial charge in [-0.25, -0.2) is 4.99 Å². The van der Waals surface area contributed by atoms with Crippen LogP contribution in [0.25, 0.3) is 0 Å². The largest absolute Gasteiger partial charge is 0.346 e. The lowest BCUT2D eigenvalue weighted by Gasteiger charge is -2.14. The van der Waals surface area contributed by atoms with Gasteiger partial charge in [0, 0.05) is 5.70 Å².